The van der Waals surface area contributed by atoms with Crippen molar-refractivity contribution in [1.29, 1.82) is 0 Å². The van der Waals surface area contributed by atoms with Gasteiger partial charge in [0, 0.05) is 24.1 Å². The number of carbonyl (C=O) groups is 2. The summed E-state index contributed by atoms with van der Waals surface area (Å²) in [6.45, 7) is 11.9. The molecule has 0 aliphatic heterocycles. The van der Waals surface area contributed by atoms with E-state index in [-0.39, 0.29) is 34.4 Å². The molecular formula is C30H40N4O5S. The normalized spacial score (nSPS) is 12.7. The molecule has 0 fully saturated rings. The molecule has 1 heterocycles. The van der Waals surface area contributed by atoms with Crippen LogP contribution in [0, 0.1) is 25.7 Å². The molecule has 0 saturated heterocycles. The van der Waals surface area contributed by atoms with E-state index in [9.17, 15) is 18.0 Å². The molecule has 2 amide bonds. The van der Waals surface area contributed by atoms with Crippen molar-refractivity contribution in [2.24, 2.45) is 11.8 Å². The van der Waals surface area contributed by atoms with Crippen molar-refractivity contribution in [2.75, 3.05) is 11.8 Å². The summed E-state index contributed by atoms with van der Waals surface area (Å²) in [6.07, 6.45) is 0.910. The number of aryl methyl sites for hydroxylation is 1. The van der Waals surface area contributed by atoms with Crippen LogP contribution in [0.25, 0.3) is 11.1 Å². The Labute approximate surface area is 237 Å². The van der Waals surface area contributed by atoms with E-state index < -0.39 is 16.1 Å². The number of amides is 2. The third-order valence-electron chi connectivity index (χ3n) is 6.64. The smallest absolute Gasteiger partial charge is 0.264 e. The summed E-state index contributed by atoms with van der Waals surface area (Å²) in [7, 11) is -2.08. The van der Waals surface area contributed by atoms with Crippen molar-refractivity contribution in [3.63, 3.8) is 0 Å². The molecule has 3 rings (SSSR count). The van der Waals surface area contributed by atoms with Crippen LogP contribution in [0.1, 0.15) is 57.4 Å². The summed E-state index contributed by atoms with van der Waals surface area (Å²) < 4.78 is 34.2. The van der Waals surface area contributed by atoms with E-state index in [1.807, 2.05) is 63.9 Å². The lowest BCUT2D eigenvalue weighted by molar-refractivity contribution is -0.134. The highest BCUT2D eigenvalue weighted by atomic mass is 32.2. The van der Waals surface area contributed by atoms with E-state index in [2.05, 4.69) is 15.2 Å². The summed E-state index contributed by atoms with van der Waals surface area (Å²) >= 11 is 0. The van der Waals surface area contributed by atoms with Gasteiger partial charge in [-0.1, -0.05) is 75.3 Å². The first-order valence-electron chi connectivity index (χ1n) is 13.5. The molecule has 2 aromatic carbocycles. The summed E-state index contributed by atoms with van der Waals surface area (Å²) in [6, 6.07) is 13.9. The van der Waals surface area contributed by atoms with Crippen LogP contribution >= 0.6 is 0 Å². The van der Waals surface area contributed by atoms with Gasteiger partial charge in [0.05, 0.1) is 16.6 Å². The predicted octanol–water partition coefficient (Wildman–Crippen LogP) is 5.29. The molecule has 10 heteroatoms. The molecule has 0 unspecified atom stereocenters. The average Bonchev–Trinajstić information content (AvgIpc) is 3.18. The molecule has 3 aromatic rings. The molecule has 216 valence electrons. The molecular weight excluding hydrogens is 528 g/mol. The van der Waals surface area contributed by atoms with Crippen molar-refractivity contribution in [2.45, 2.75) is 71.9 Å². The number of aromatic nitrogens is 1. The van der Waals surface area contributed by atoms with Crippen LogP contribution in [0.4, 0.5) is 5.88 Å². The van der Waals surface area contributed by atoms with Gasteiger partial charge in [0.15, 0.2) is 0 Å². The number of carbonyl (C=O) groups excluding carboxylic acids is 2. The number of anilines is 1. The number of rotatable bonds is 12. The van der Waals surface area contributed by atoms with Gasteiger partial charge in [-0.15, -0.1) is 0 Å². The van der Waals surface area contributed by atoms with Crippen molar-refractivity contribution in [3.8, 4) is 11.1 Å². The molecule has 2 N–H and O–H groups in total. The molecule has 0 aliphatic rings. The van der Waals surface area contributed by atoms with Gasteiger partial charge in [0.2, 0.25) is 17.7 Å². The molecule has 40 heavy (non-hydrogen) atoms. The monoisotopic (exact) mass is 568 g/mol. The number of benzene rings is 2. The molecule has 1 aromatic heterocycles. The van der Waals surface area contributed by atoms with Gasteiger partial charge < -0.3 is 4.52 Å². The second-order valence-electron chi connectivity index (χ2n) is 11.1. The number of likely N-dealkylation sites (N-methyl/N-ethyl adjacent to an activating group) is 1. The van der Waals surface area contributed by atoms with Gasteiger partial charge in [-0.2, -0.15) is 0 Å². The van der Waals surface area contributed by atoms with E-state index >= 15 is 0 Å². The number of hydrogen-bond acceptors (Lipinski definition) is 7. The van der Waals surface area contributed by atoms with Crippen molar-refractivity contribution >= 4 is 27.7 Å². The summed E-state index contributed by atoms with van der Waals surface area (Å²) in [5.74, 6) is -0.0291. The Morgan fingerprint density at radius 3 is 2.20 bits per heavy atom. The fourth-order valence-electron chi connectivity index (χ4n) is 4.39. The first kappa shape index (κ1) is 31.0. The van der Waals surface area contributed by atoms with Crippen LogP contribution in [-0.2, 0) is 26.2 Å². The standard InChI is InChI=1S/C30H40N4O5S/c1-19(2)16-26(29(36)31-28(35)17-20(3)4)34(7)18-23-12-14-24(15-13-23)25-10-8-9-11-27(25)40(37,38)33-30-21(5)22(6)32-39-30/h8-15,19-20,26,33H,16-18H2,1-7H3,(H,31,35,36)/t26-/m0/s1. The Bertz CT molecular complexity index is 1430. The van der Waals surface area contributed by atoms with Gasteiger partial charge in [0.25, 0.3) is 10.0 Å². The molecule has 0 aliphatic carbocycles. The van der Waals surface area contributed by atoms with Crippen LogP contribution in [-0.4, -0.2) is 43.4 Å². The van der Waals surface area contributed by atoms with Gasteiger partial charge in [-0.05, 0) is 56.3 Å². The fraction of sp³-hybridized carbons (Fsp3) is 0.433. The highest BCUT2D eigenvalue weighted by molar-refractivity contribution is 7.92. The minimum absolute atomic E-state index is 0.0941. The van der Waals surface area contributed by atoms with Gasteiger partial charge >= 0.3 is 0 Å². The van der Waals surface area contributed by atoms with Crippen LogP contribution in [0.15, 0.2) is 57.9 Å². The predicted molar refractivity (Wildman–Crippen MR) is 156 cm³/mol. The largest absolute Gasteiger partial charge is 0.337 e. The Hall–Kier alpha value is -3.50. The molecule has 1 atom stereocenters. The fourth-order valence-corrected chi connectivity index (χ4v) is 5.67. The Morgan fingerprint density at radius 1 is 0.975 bits per heavy atom. The molecule has 0 saturated carbocycles. The van der Waals surface area contributed by atoms with Crippen molar-refractivity contribution in [3.05, 3.63) is 65.4 Å². The second-order valence-corrected chi connectivity index (χ2v) is 12.7. The Balaban J connectivity index is 1.79. The third kappa shape index (κ3) is 8.02. The average molecular weight is 569 g/mol. The number of nitrogens with one attached hydrogen (secondary N) is 2. The van der Waals surface area contributed by atoms with E-state index in [1.165, 1.54) is 0 Å². The first-order valence-corrected chi connectivity index (χ1v) is 14.9. The zero-order valence-electron chi connectivity index (χ0n) is 24.3. The zero-order valence-corrected chi connectivity index (χ0v) is 25.1. The summed E-state index contributed by atoms with van der Waals surface area (Å²) in [5, 5.41) is 6.39. The lowest BCUT2D eigenvalue weighted by Gasteiger charge is -2.28. The highest BCUT2D eigenvalue weighted by Gasteiger charge is 2.26. The summed E-state index contributed by atoms with van der Waals surface area (Å²) in [4.78, 5) is 27.3. The van der Waals surface area contributed by atoms with Gasteiger partial charge in [-0.3, -0.25) is 19.8 Å². The SMILES string of the molecule is Cc1noc(NS(=O)(=O)c2ccccc2-c2ccc(CN(C)[C@@H](CC(C)C)C(=O)NC(=O)CC(C)C)cc2)c1C. The maximum atomic E-state index is 13.3. The van der Waals surface area contributed by atoms with Crippen LogP contribution in [0.2, 0.25) is 0 Å². The first-order chi connectivity index (χ1) is 18.8. The number of sulfonamides is 1. The number of imide groups is 1. The minimum atomic E-state index is -3.94. The van der Waals surface area contributed by atoms with E-state index in [4.69, 9.17) is 4.52 Å². The Morgan fingerprint density at radius 2 is 1.62 bits per heavy atom. The van der Waals surface area contributed by atoms with E-state index in [0.29, 0.717) is 36.2 Å². The Kier molecular flexibility index (Phi) is 10.3. The lowest BCUT2D eigenvalue weighted by Crippen LogP contribution is -2.47. The second kappa shape index (κ2) is 13.2. The van der Waals surface area contributed by atoms with Crippen LogP contribution in [0.5, 0.6) is 0 Å². The van der Waals surface area contributed by atoms with Crippen LogP contribution in [0.3, 0.4) is 0 Å². The quantitative estimate of drug-likeness (QED) is 0.304. The topological polar surface area (TPSA) is 122 Å². The third-order valence-corrected chi connectivity index (χ3v) is 8.03. The highest BCUT2D eigenvalue weighted by Crippen LogP contribution is 2.30. The number of nitrogens with zero attached hydrogens (tertiary/aromatic N) is 2. The van der Waals surface area contributed by atoms with Gasteiger partial charge in [0.1, 0.15) is 0 Å². The van der Waals surface area contributed by atoms with Crippen molar-refractivity contribution < 1.29 is 22.5 Å². The molecule has 0 bridgehead atoms. The van der Waals surface area contributed by atoms with Crippen LogP contribution < -0.4 is 10.0 Å². The van der Waals surface area contributed by atoms with Gasteiger partial charge in [-0.25, -0.2) is 13.1 Å². The maximum Gasteiger partial charge on any atom is 0.264 e. The zero-order chi connectivity index (χ0) is 29.6. The maximum absolute atomic E-state index is 13.3. The lowest BCUT2D eigenvalue weighted by atomic mass is 10.00. The molecule has 0 radical (unpaired) electrons. The van der Waals surface area contributed by atoms with Crippen molar-refractivity contribution in [1.82, 2.24) is 15.4 Å². The number of hydrogen-bond donors (Lipinski definition) is 2. The van der Waals surface area contributed by atoms with E-state index in [1.54, 1.807) is 38.1 Å². The molecule has 0 spiro atoms. The minimum Gasteiger partial charge on any atom is -0.337 e. The van der Waals surface area contributed by atoms with E-state index in [0.717, 1.165) is 11.1 Å². The molecule has 9 nitrogen and oxygen atoms in total. The summed E-state index contributed by atoms with van der Waals surface area (Å²) in [5.41, 5.74) is 3.47.